The Morgan fingerprint density at radius 3 is 3.00 bits per heavy atom. The molecular weight excluding hydrogens is 260 g/mol. The Hall–Kier alpha value is -1.66. The molecule has 0 saturated heterocycles. The molecule has 2 rings (SSSR count). The predicted molar refractivity (Wildman–Crippen MR) is 77.5 cm³/mol. The highest BCUT2D eigenvalue weighted by Crippen LogP contribution is 2.22. The lowest BCUT2D eigenvalue weighted by molar-refractivity contribution is 0.0946. The molecule has 5 nitrogen and oxygen atoms in total. The number of aryl methyl sites for hydroxylation is 1. The number of aromatic amines is 1. The van der Waals surface area contributed by atoms with Gasteiger partial charge < -0.3 is 15.6 Å². The van der Waals surface area contributed by atoms with Crippen LogP contribution in [-0.4, -0.2) is 35.5 Å². The maximum Gasteiger partial charge on any atom is 0.267 e. The Balaban J connectivity index is 2.02. The van der Waals surface area contributed by atoms with Gasteiger partial charge in [0.15, 0.2) is 0 Å². The number of hydrogen-bond acceptors (Lipinski definition) is 4. The SMILES string of the molecule is CNC(C)CNC(=O)c1cc(-c2csc(C)n2)c[nH]1. The second-order valence-electron chi connectivity index (χ2n) is 4.45. The van der Waals surface area contributed by atoms with Gasteiger partial charge in [0.2, 0.25) is 0 Å². The molecule has 0 saturated carbocycles. The molecule has 1 atom stereocenters. The fraction of sp³-hybridized carbons (Fsp3) is 0.385. The first-order chi connectivity index (χ1) is 9.10. The van der Waals surface area contributed by atoms with Gasteiger partial charge in [-0.1, -0.05) is 0 Å². The summed E-state index contributed by atoms with van der Waals surface area (Å²) in [4.78, 5) is 19.3. The molecule has 2 heterocycles. The number of aromatic nitrogens is 2. The van der Waals surface area contributed by atoms with Gasteiger partial charge in [-0.15, -0.1) is 11.3 Å². The van der Waals surface area contributed by atoms with E-state index in [1.54, 1.807) is 11.3 Å². The average Bonchev–Trinajstić information content (AvgIpc) is 3.03. The van der Waals surface area contributed by atoms with Crippen molar-refractivity contribution in [3.05, 3.63) is 28.3 Å². The number of nitrogens with zero attached hydrogens (tertiary/aromatic N) is 1. The van der Waals surface area contributed by atoms with Crippen LogP contribution in [0.25, 0.3) is 11.3 Å². The smallest absolute Gasteiger partial charge is 0.267 e. The first-order valence-corrected chi connectivity index (χ1v) is 7.04. The summed E-state index contributed by atoms with van der Waals surface area (Å²) in [5.41, 5.74) is 2.40. The first-order valence-electron chi connectivity index (χ1n) is 6.16. The zero-order valence-corrected chi connectivity index (χ0v) is 12.1. The lowest BCUT2D eigenvalue weighted by atomic mass is 10.2. The van der Waals surface area contributed by atoms with Crippen molar-refractivity contribution in [1.82, 2.24) is 20.6 Å². The van der Waals surface area contributed by atoms with Crippen molar-refractivity contribution >= 4 is 17.2 Å². The van der Waals surface area contributed by atoms with Crippen LogP contribution < -0.4 is 10.6 Å². The third-order valence-corrected chi connectivity index (χ3v) is 3.68. The first kappa shape index (κ1) is 13.8. The molecule has 0 fully saturated rings. The highest BCUT2D eigenvalue weighted by atomic mass is 32.1. The summed E-state index contributed by atoms with van der Waals surface area (Å²) in [6.07, 6.45) is 1.81. The number of thiazole rings is 1. The van der Waals surface area contributed by atoms with Gasteiger partial charge in [-0.05, 0) is 27.0 Å². The highest BCUT2D eigenvalue weighted by molar-refractivity contribution is 7.09. The number of nitrogens with one attached hydrogen (secondary N) is 3. The Labute approximate surface area is 116 Å². The third kappa shape index (κ3) is 3.42. The molecule has 2 aromatic rings. The summed E-state index contributed by atoms with van der Waals surface area (Å²) in [7, 11) is 1.87. The lowest BCUT2D eigenvalue weighted by Gasteiger charge is -2.10. The van der Waals surface area contributed by atoms with E-state index in [1.807, 2.05) is 38.5 Å². The van der Waals surface area contributed by atoms with Gasteiger partial charge in [0.25, 0.3) is 5.91 Å². The summed E-state index contributed by atoms with van der Waals surface area (Å²) >= 11 is 1.60. The molecule has 1 unspecified atom stereocenters. The second-order valence-corrected chi connectivity index (χ2v) is 5.52. The topological polar surface area (TPSA) is 69.8 Å². The van der Waals surface area contributed by atoms with Gasteiger partial charge in [0, 0.05) is 29.7 Å². The van der Waals surface area contributed by atoms with Crippen LogP contribution >= 0.6 is 11.3 Å². The summed E-state index contributed by atoms with van der Waals surface area (Å²) in [6.45, 7) is 4.57. The maximum atomic E-state index is 11.9. The van der Waals surface area contributed by atoms with Crippen LogP contribution in [-0.2, 0) is 0 Å². The molecular formula is C13H18N4OS. The van der Waals surface area contributed by atoms with E-state index >= 15 is 0 Å². The van der Waals surface area contributed by atoms with E-state index in [-0.39, 0.29) is 11.9 Å². The molecule has 1 amide bonds. The minimum Gasteiger partial charge on any atom is -0.357 e. The minimum atomic E-state index is -0.0969. The number of likely N-dealkylation sites (N-methyl/N-ethyl adjacent to an activating group) is 1. The van der Waals surface area contributed by atoms with Crippen LogP contribution in [0.4, 0.5) is 0 Å². The van der Waals surface area contributed by atoms with Crippen molar-refractivity contribution in [2.24, 2.45) is 0 Å². The molecule has 0 radical (unpaired) electrons. The van der Waals surface area contributed by atoms with Crippen LogP contribution in [0, 0.1) is 6.92 Å². The van der Waals surface area contributed by atoms with Crippen LogP contribution in [0.1, 0.15) is 22.4 Å². The Morgan fingerprint density at radius 1 is 1.58 bits per heavy atom. The average molecular weight is 278 g/mol. The Bertz CT molecular complexity index is 560. The van der Waals surface area contributed by atoms with Crippen molar-refractivity contribution in [3.8, 4) is 11.3 Å². The van der Waals surface area contributed by atoms with Gasteiger partial charge in [-0.3, -0.25) is 4.79 Å². The zero-order chi connectivity index (χ0) is 13.8. The second kappa shape index (κ2) is 5.99. The predicted octanol–water partition coefficient (Wildman–Crippen LogP) is 1.78. The van der Waals surface area contributed by atoms with Gasteiger partial charge in [0.05, 0.1) is 10.7 Å². The van der Waals surface area contributed by atoms with E-state index in [0.717, 1.165) is 16.3 Å². The normalized spacial score (nSPS) is 12.4. The molecule has 102 valence electrons. The Kier molecular flexibility index (Phi) is 4.34. The van der Waals surface area contributed by atoms with Crippen LogP contribution in [0.3, 0.4) is 0 Å². The molecule has 19 heavy (non-hydrogen) atoms. The largest absolute Gasteiger partial charge is 0.357 e. The maximum absolute atomic E-state index is 11.9. The number of rotatable bonds is 5. The van der Waals surface area contributed by atoms with Crippen LogP contribution in [0.5, 0.6) is 0 Å². The monoisotopic (exact) mass is 278 g/mol. The van der Waals surface area contributed by atoms with Gasteiger partial charge in [0.1, 0.15) is 5.69 Å². The van der Waals surface area contributed by atoms with E-state index in [4.69, 9.17) is 0 Å². The fourth-order valence-corrected chi connectivity index (χ4v) is 2.23. The van der Waals surface area contributed by atoms with E-state index < -0.39 is 0 Å². The van der Waals surface area contributed by atoms with Gasteiger partial charge in [-0.2, -0.15) is 0 Å². The molecule has 2 aromatic heterocycles. The number of carbonyl (C=O) groups excluding carboxylic acids is 1. The summed E-state index contributed by atoms with van der Waals surface area (Å²) < 4.78 is 0. The molecule has 0 aliphatic carbocycles. The van der Waals surface area contributed by atoms with Crippen LogP contribution in [0.15, 0.2) is 17.6 Å². The standard InChI is InChI=1S/C13H18N4OS/c1-8(14-3)5-16-13(18)11-4-10(6-15-11)12-7-19-9(2)17-12/h4,6-8,14-15H,5H2,1-3H3,(H,16,18). The van der Waals surface area contributed by atoms with Crippen molar-refractivity contribution in [1.29, 1.82) is 0 Å². The summed E-state index contributed by atoms with van der Waals surface area (Å²) in [6, 6.07) is 2.08. The highest BCUT2D eigenvalue weighted by Gasteiger charge is 2.11. The molecule has 0 aromatic carbocycles. The van der Waals surface area contributed by atoms with E-state index in [1.165, 1.54) is 0 Å². The van der Waals surface area contributed by atoms with Crippen molar-refractivity contribution in [2.75, 3.05) is 13.6 Å². The molecule has 3 N–H and O–H groups in total. The summed E-state index contributed by atoms with van der Waals surface area (Å²) in [5.74, 6) is -0.0969. The fourth-order valence-electron chi connectivity index (χ4n) is 1.61. The quantitative estimate of drug-likeness (QED) is 0.781. The zero-order valence-electron chi connectivity index (χ0n) is 11.3. The molecule has 6 heteroatoms. The third-order valence-electron chi connectivity index (χ3n) is 2.90. The molecule has 0 aliphatic heterocycles. The Morgan fingerprint density at radius 2 is 2.37 bits per heavy atom. The number of H-pyrrole nitrogens is 1. The number of carbonyl (C=O) groups is 1. The van der Waals surface area contributed by atoms with Gasteiger partial charge >= 0.3 is 0 Å². The summed E-state index contributed by atoms with van der Waals surface area (Å²) in [5, 5.41) is 8.95. The van der Waals surface area contributed by atoms with E-state index in [2.05, 4.69) is 20.6 Å². The number of hydrogen-bond donors (Lipinski definition) is 3. The van der Waals surface area contributed by atoms with Gasteiger partial charge in [-0.25, -0.2) is 4.98 Å². The lowest BCUT2D eigenvalue weighted by Crippen LogP contribution is -2.37. The molecule has 0 bridgehead atoms. The molecule has 0 spiro atoms. The van der Waals surface area contributed by atoms with Crippen molar-refractivity contribution in [2.45, 2.75) is 19.9 Å². The van der Waals surface area contributed by atoms with Crippen LogP contribution in [0.2, 0.25) is 0 Å². The van der Waals surface area contributed by atoms with E-state index in [9.17, 15) is 4.79 Å². The van der Waals surface area contributed by atoms with E-state index in [0.29, 0.717) is 12.2 Å². The minimum absolute atomic E-state index is 0.0969. The number of amides is 1. The van der Waals surface area contributed by atoms with Crippen molar-refractivity contribution in [3.63, 3.8) is 0 Å². The molecule has 0 aliphatic rings. The van der Waals surface area contributed by atoms with Crippen molar-refractivity contribution < 1.29 is 4.79 Å².